The standard InChI is InChI=1S/C8H5BrClF3N2O2/c9-7-14-4(6(16)17)5(10)15(7)3-1-2(3)8(11,12)13/h2-3H,1H2,(H,16,17)/t2-,3-/m0/s1. The van der Waals surface area contributed by atoms with Crippen molar-refractivity contribution in [2.75, 3.05) is 0 Å². The van der Waals surface area contributed by atoms with Crippen molar-refractivity contribution in [1.29, 1.82) is 0 Å². The molecule has 4 nitrogen and oxygen atoms in total. The molecule has 0 radical (unpaired) electrons. The number of hydrogen-bond acceptors (Lipinski definition) is 2. The maximum atomic E-state index is 12.4. The van der Waals surface area contributed by atoms with Gasteiger partial charge in [-0.15, -0.1) is 0 Å². The Bertz CT molecular complexity index is 488. The van der Waals surface area contributed by atoms with Gasteiger partial charge in [0.15, 0.2) is 10.4 Å². The van der Waals surface area contributed by atoms with Crippen LogP contribution in [0.1, 0.15) is 23.0 Å². The van der Waals surface area contributed by atoms with Crippen molar-refractivity contribution in [2.45, 2.75) is 18.6 Å². The molecule has 0 amide bonds. The lowest BCUT2D eigenvalue weighted by atomic mass is 10.4. The summed E-state index contributed by atoms with van der Waals surface area (Å²) < 4.78 is 38.2. The minimum Gasteiger partial charge on any atom is -0.476 e. The number of rotatable bonds is 2. The van der Waals surface area contributed by atoms with Gasteiger partial charge in [-0.1, -0.05) is 11.6 Å². The molecule has 0 saturated heterocycles. The van der Waals surface area contributed by atoms with E-state index in [1.807, 2.05) is 0 Å². The molecule has 1 aromatic heterocycles. The highest BCUT2D eigenvalue weighted by Crippen LogP contribution is 2.55. The molecule has 1 heterocycles. The fraction of sp³-hybridized carbons (Fsp3) is 0.500. The quantitative estimate of drug-likeness (QED) is 0.905. The molecule has 2 atom stereocenters. The Balaban J connectivity index is 2.33. The number of carboxylic acids is 1. The van der Waals surface area contributed by atoms with Crippen molar-refractivity contribution in [3.8, 4) is 0 Å². The van der Waals surface area contributed by atoms with Crippen LogP contribution in [0.15, 0.2) is 4.73 Å². The Morgan fingerprint density at radius 3 is 2.53 bits per heavy atom. The van der Waals surface area contributed by atoms with Gasteiger partial charge in [0, 0.05) is 6.04 Å². The van der Waals surface area contributed by atoms with Crippen molar-refractivity contribution in [1.82, 2.24) is 9.55 Å². The first kappa shape index (κ1) is 12.7. The number of aromatic nitrogens is 2. The number of hydrogen-bond donors (Lipinski definition) is 1. The van der Waals surface area contributed by atoms with Crippen molar-refractivity contribution in [2.24, 2.45) is 5.92 Å². The van der Waals surface area contributed by atoms with E-state index in [1.165, 1.54) is 0 Å². The van der Waals surface area contributed by atoms with Gasteiger partial charge in [-0.05, 0) is 22.4 Å². The lowest BCUT2D eigenvalue weighted by Crippen LogP contribution is -2.13. The van der Waals surface area contributed by atoms with Gasteiger partial charge in [-0.2, -0.15) is 13.2 Å². The van der Waals surface area contributed by atoms with Crippen LogP contribution < -0.4 is 0 Å². The average molecular weight is 333 g/mol. The van der Waals surface area contributed by atoms with Gasteiger partial charge in [-0.3, -0.25) is 0 Å². The summed E-state index contributed by atoms with van der Waals surface area (Å²) >= 11 is 8.61. The van der Waals surface area contributed by atoms with Crippen LogP contribution in [-0.2, 0) is 0 Å². The van der Waals surface area contributed by atoms with Gasteiger partial charge in [0.2, 0.25) is 0 Å². The van der Waals surface area contributed by atoms with Crippen LogP contribution in [0.25, 0.3) is 0 Å². The molecule has 0 spiro atoms. The van der Waals surface area contributed by atoms with Crippen LogP contribution in [0.2, 0.25) is 5.15 Å². The zero-order valence-electron chi connectivity index (χ0n) is 8.00. The van der Waals surface area contributed by atoms with Crippen LogP contribution in [-0.4, -0.2) is 26.8 Å². The Kier molecular flexibility index (Phi) is 2.89. The molecule has 0 unspecified atom stereocenters. The van der Waals surface area contributed by atoms with E-state index in [0.29, 0.717) is 0 Å². The molecule has 1 N–H and O–H groups in total. The van der Waals surface area contributed by atoms with Gasteiger partial charge >= 0.3 is 12.1 Å². The Morgan fingerprint density at radius 1 is 1.59 bits per heavy atom. The van der Waals surface area contributed by atoms with E-state index in [0.717, 1.165) is 4.57 Å². The molecule has 94 valence electrons. The van der Waals surface area contributed by atoms with E-state index >= 15 is 0 Å². The smallest absolute Gasteiger partial charge is 0.393 e. The molecule has 1 aliphatic rings. The number of nitrogens with zero attached hydrogens (tertiary/aromatic N) is 2. The minimum atomic E-state index is -4.30. The first-order valence-electron chi connectivity index (χ1n) is 4.46. The molecule has 0 bridgehead atoms. The molecule has 1 saturated carbocycles. The van der Waals surface area contributed by atoms with Gasteiger partial charge in [0.1, 0.15) is 5.15 Å². The highest BCUT2D eigenvalue weighted by molar-refractivity contribution is 9.10. The van der Waals surface area contributed by atoms with E-state index in [4.69, 9.17) is 16.7 Å². The lowest BCUT2D eigenvalue weighted by molar-refractivity contribution is -0.150. The highest BCUT2D eigenvalue weighted by atomic mass is 79.9. The predicted octanol–water partition coefficient (Wildman–Crippen LogP) is 3.12. The minimum absolute atomic E-state index is 0.00310. The fourth-order valence-electron chi connectivity index (χ4n) is 1.62. The van der Waals surface area contributed by atoms with E-state index in [-0.39, 0.29) is 16.3 Å². The Labute approximate surface area is 107 Å². The van der Waals surface area contributed by atoms with Gasteiger partial charge in [-0.25, -0.2) is 9.78 Å². The summed E-state index contributed by atoms with van der Waals surface area (Å²) in [7, 11) is 0. The Hall–Kier alpha value is -0.760. The van der Waals surface area contributed by atoms with Crippen LogP contribution in [0.3, 0.4) is 0 Å². The van der Waals surface area contributed by atoms with Crippen molar-refractivity contribution in [3.63, 3.8) is 0 Å². The van der Waals surface area contributed by atoms with Crippen molar-refractivity contribution < 1.29 is 23.1 Å². The van der Waals surface area contributed by atoms with Gasteiger partial charge in [0.05, 0.1) is 5.92 Å². The maximum absolute atomic E-state index is 12.4. The highest BCUT2D eigenvalue weighted by Gasteiger charge is 2.57. The number of alkyl halides is 3. The summed E-state index contributed by atoms with van der Waals surface area (Å²) in [5.41, 5.74) is -0.452. The average Bonchev–Trinajstić information content (AvgIpc) is 2.88. The van der Waals surface area contributed by atoms with Gasteiger partial charge < -0.3 is 9.67 Å². The second-order valence-electron chi connectivity index (χ2n) is 3.65. The van der Waals surface area contributed by atoms with Crippen molar-refractivity contribution in [3.05, 3.63) is 15.6 Å². The second kappa shape index (κ2) is 3.88. The molecule has 1 aliphatic carbocycles. The number of imidazole rings is 1. The van der Waals surface area contributed by atoms with Gasteiger partial charge in [0.25, 0.3) is 0 Å². The number of carboxylic acid groups (broad SMARTS) is 1. The number of halogens is 5. The molecule has 1 aromatic rings. The molecule has 0 aliphatic heterocycles. The molecule has 2 rings (SSSR count). The first-order valence-corrected chi connectivity index (χ1v) is 5.63. The van der Waals surface area contributed by atoms with E-state index < -0.39 is 29.8 Å². The SMILES string of the molecule is O=C(O)c1nc(Br)n([C@H]2C[C@@H]2C(F)(F)F)c1Cl. The molecule has 0 aromatic carbocycles. The van der Waals surface area contributed by atoms with Crippen LogP contribution in [0.4, 0.5) is 13.2 Å². The zero-order chi connectivity index (χ0) is 13.0. The Morgan fingerprint density at radius 2 is 2.18 bits per heavy atom. The normalized spacial score (nSPS) is 23.8. The van der Waals surface area contributed by atoms with Crippen LogP contribution >= 0.6 is 27.5 Å². The van der Waals surface area contributed by atoms with E-state index in [1.54, 1.807) is 0 Å². The zero-order valence-corrected chi connectivity index (χ0v) is 10.3. The van der Waals surface area contributed by atoms with Crippen LogP contribution in [0.5, 0.6) is 0 Å². The summed E-state index contributed by atoms with van der Waals surface area (Å²) in [5.74, 6) is -2.87. The third-order valence-electron chi connectivity index (χ3n) is 2.52. The summed E-state index contributed by atoms with van der Waals surface area (Å²) in [5, 5.41) is 8.44. The summed E-state index contributed by atoms with van der Waals surface area (Å²) in [6.07, 6.45) is -4.42. The third-order valence-corrected chi connectivity index (χ3v) is 3.44. The molecular weight excluding hydrogens is 328 g/mol. The predicted molar refractivity (Wildman–Crippen MR) is 55.1 cm³/mol. The topological polar surface area (TPSA) is 55.1 Å². The summed E-state index contributed by atoms with van der Waals surface area (Å²) in [4.78, 5) is 14.3. The molecule has 9 heteroatoms. The molecule has 1 fully saturated rings. The largest absolute Gasteiger partial charge is 0.476 e. The second-order valence-corrected chi connectivity index (χ2v) is 4.71. The number of carbonyl (C=O) groups is 1. The van der Waals surface area contributed by atoms with E-state index in [9.17, 15) is 18.0 Å². The maximum Gasteiger partial charge on any atom is 0.393 e. The summed E-state index contributed by atoms with van der Waals surface area (Å²) in [6, 6.07) is -0.877. The van der Waals surface area contributed by atoms with Crippen LogP contribution in [0, 0.1) is 5.92 Å². The summed E-state index contributed by atoms with van der Waals surface area (Å²) in [6.45, 7) is 0. The van der Waals surface area contributed by atoms with Crippen molar-refractivity contribution >= 4 is 33.5 Å². The molecular formula is C8H5BrClF3N2O2. The van der Waals surface area contributed by atoms with E-state index in [2.05, 4.69) is 20.9 Å². The lowest BCUT2D eigenvalue weighted by Gasteiger charge is -2.07. The first-order chi connectivity index (χ1) is 7.73. The molecule has 17 heavy (non-hydrogen) atoms. The fourth-order valence-corrected chi connectivity index (χ4v) is 2.67. The monoisotopic (exact) mass is 332 g/mol. The third kappa shape index (κ3) is 2.15. The number of aromatic carboxylic acids is 1.